The highest BCUT2D eigenvalue weighted by molar-refractivity contribution is 6.03. The summed E-state index contributed by atoms with van der Waals surface area (Å²) in [6.45, 7) is 2.00. The first kappa shape index (κ1) is 12.7. The third kappa shape index (κ3) is 2.13. The monoisotopic (exact) mass is 274 g/mol. The number of Topliss-reactive ketones (excluding diaryl/α,β-unsaturated/α-hetero) is 1. The molecule has 0 spiro atoms. The third-order valence-corrected chi connectivity index (χ3v) is 3.43. The van der Waals surface area contributed by atoms with Crippen molar-refractivity contribution in [3.63, 3.8) is 0 Å². The van der Waals surface area contributed by atoms with Crippen molar-refractivity contribution in [3.8, 4) is 0 Å². The number of carbonyl (C=O) groups excluding carboxylic acids is 2. The fourth-order valence-corrected chi connectivity index (χ4v) is 2.45. The largest absolute Gasteiger partial charge is 0.455 e. The maximum Gasteiger partial charge on any atom is 0.287 e. The minimum Gasteiger partial charge on any atom is -0.455 e. The molecular weight excluding hydrogens is 260 g/mol. The molecule has 2 aromatic rings. The second-order valence-corrected chi connectivity index (χ2v) is 4.80. The second-order valence-electron chi connectivity index (χ2n) is 4.80. The minimum absolute atomic E-state index is 0.0584. The number of furan rings is 1. The molecule has 0 saturated carbocycles. The van der Waals surface area contributed by atoms with E-state index in [9.17, 15) is 9.59 Å². The topological polar surface area (TPSA) is 85.3 Å². The van der Waals surface area contributed by atoms with E-state index < -0.39 is 0 Å². The van der Waals surface area contributed by atoms with Gasteiger partial charge in [-0.3, -0.25) is 9.59 Å². The Morgan fingerprint density at radius 1 is 1.45 bits per heavy atom. The molecule has 1 N–H and O–H groups in total. The number of hydrogen-bond acceptors (Lipinski definition) is 5. The average Bonchev–Trinajstić information content (AvgIpc) is 3.05. The van der Waals surface area contributed by atoms with Gasteiger partial charge in [0.1, 0.15) is 17.7 Å². The lowest BCUT2D eigenvalue weighted by Gasteiger charge is -2.07. The van der Waals surface area contributed by atoms with Crippen molar-refractivity contribution < 1.29 is 18.5 Å². The summed E-state index contributed by atoms with van der Waals surface area (Å²) in [6, 6.07) is 1.67. The lowest BCUT2D eigenvalue weighted by atomic mass is 9.94. The molecule has 0 radical (unpaired) electrons. The number of fused-ring (bicyclic) bond motifs is 1. The molecule has 0 atom stereocenters. The molecule has 0 saturated heterocycles. The Balaban J connectivity index is 1.80. The molecule has 2 aromatic heterocycles. The molecule has 0 unspecified atom stereocenters. The normalized spacial score (nSPS) is 14.2. The molecule has 2 heterocycles. The molecular formula is C14H14N2O4. The Morgan fingerprint density at radius 3 is 3.00 bits per heavy atom. The Morgan fingerprint density at radius 2 is 2.30 bits per heavy atom. The highest BCUT2D eigenvalue weighted by atomic mass is 16.5. The lowest BCUT2D eigenvalue weighted by molar-refractivity contribution is 0.0916. The number of nitrogens with one attached hydrogen (secondary N) is 1. The van der Waals surface area contributed by atoms with Gasteiger partial charge in [-0.15, -0.1) is 0 Å². The molecule has 1 aliphatic carbocycles. The van der Waals surface area contributed by atoms with E-state index >= 15 is 0 Å². The summed E-state index contributed by atoms with van der Waals surface area (Å²) in [6.07, 6.45) is 3.45. The second kappa shape index (κ2) is 4.96. The highest BCUT2D eigenvalue weighted by Crippen LogP contribution is 2.29. The van der Waals surface area contributed by atoms with E-state index in [0.29, 0.717) is 35.4 Å². The predicted molar refractivity (Wildman–Crippen MR) is 68.4 cm³/mol. The molecule has 0 aliphatic heterocycles. The van der Waals surface area contributed by atoms with Crippen LogP contribution in [0.5, 0.6) is 0 Å². The van der Waals surface area contributed by atoms with Gasteiger partial charge in [-0.2, -0.15) is 0 Å². The quantitative estimate of drug-likeness (QED) is 0.925. The Bertz CT molecular complexity index is 655. The standard InChI is InChI=1S/C14H14N2O4/c1-8-12-10(17)3-2-4-11(12)20-13(8)14(18)15-7-9-5-6-19-16-9/h5-6H,2-4,7H2,1H3,(H,15,18). The van der Waals surface area contributed by atoms with Crippen LogP contribution in [0, 0.1) is 6.92 Å². The van der Waals surface area contributed by atoms with E-state index in [0.717, 1.165) is 6.42 Å². The van der Waals surface area contributed by atoms with Gasteiger partial charge < -0.3 is 14.3 Å². The summed E-state index contributed by atoms with van der Waals surface area (Å²) in [4.78, 5) is 24.0. The first-order valence-electron chi connectivity index (χ1n) is 6.49. The van der Waals surface area contributed by atoms with Gasteiger partial charge in [0.15, 0.2) is 11.5 Å². The average molecular weight is 274 g/mol. The number of amides is 1. The molecule has 0 fully saturated rings. The lowest BCUT2D eigenvalue weighted by Crippen LogP contribution is -2.23. The summed E-state index contributed by atoms with van der Waals surface area (Å²) in [5.74, 6) is 0.565. The van der Waals surface area contributed by atoms with E-state index in [1.807, 2.05) is 0 Å². The van der Waals surface area contributed by atoms with Crippen LogP contribution in [0.4, 0.5) is 0 Å². The van der Waals surface area contributed by atoms with Crippen molar-refractivity contribution >= 4 is 11.7 Å². The van der Waals surface area contributed by atoms with E-state index in [-0.39, 0.29) is 24.0 Å². The Hall–Kier alpha value is -2.37. The Labute approximate surface area is 115 Å². The van der Waals surface area contributed by atoms with Crippen LogP contribution in [0.2, 0.25) is 0 Å². The van der Waals surface area contributed by atoms with Crippen LogP contribution in [0.3, 0.4) is 0 Å². The predicted octanol–water partition coefficient (Wildman–Crippen LogP) is 2.03. The highest BCUT2D eigenvalue weighted by Gasteiger charge is 2.28. The number of ketones is 1. The van der Waals surface area contributed by atoms with Crippen LogP contribution in [0.15, 0.2) is 21.3 Å². The van der Waals surface area contributed by atoms with Crippen LogP contribution in [-0.2, 0) is 13.0 Å². The van der Waals surface area contributed by atoms with Gasteiger partial charge >= 0.3 is 0 Å². The fourth-order valence-electron chi connectivity index (χ4n) is 2.45. The SMILES string of the molecule is Cc1c(C(=O)NCc2ccon2)oc2c1C(=O)CCC2. The van der Waals surface area contributed by atoms with Crippen molar-refractivity contribution in [1.82, 2.24) is 10.5 Å². The number of aromatic nitrogens is 1. The molecule has 104 valence electrons. The van der Waals surface area contributed by atoms with E-state index in [1.165, 1.54) is 6.26 Å². The molecule has 20 heavy (non-hydrogen) atoms. The van der Waals surface area contributed by atoms with Crippen molar-refractivity contribution in [1.29, 1.82) is 0 Å². The molecule has 3 rings (SSSR count). The summed E-state index contributed by atoms with van der Waals surface area (Å²) in [5, 5.41) is 6.41. The van der Waals surface area contributed by atoms with Crippen molar-refractivity contribution in [3.05, 3.63) is 40.7 Å². The molecule has 1 aliphatic rings. The zero-order chi connectivity index (χ0) is 14.1. The van der Waals surface area contributed by atoms with E-state index in [1.54, 1.807) is 13.0 Å². The molecule has 0 aromatic carbocycles. The maximum absolute atomic E-state index is 12.1. The molecule has 1 amide bonds. The van der Waals surface area contributed by atoms with Gasteiger partial charge in [-0.25, -0.2) is 0 Å². The summed E-state index contributed by atoms with van der Waals surface area (Å²) < 4.78 is 10.2. The van der Waals surface area contributed by atoms with Crippen LogP contribution in [0.1, 0.15) is 50.8 Å². The van der Waals surface area contributed by atoms with Gasteiger partial charge in [0.25, 0.3) is 5.91 Å². The van der Waals surface area contributed by atoms with Gasteiger partial charge in [-0.05, 0) is 13.3 Å². The van der Waals surface area contributed by atoms with Gasteiger partial charge in [0.05, 0.1) is 12.1 Å². The van der Waals surface area contributed by atoms with Gasteiger partial charge in [-0.1, -0.05) is 5.16 Å². The van der Waals surface area contributed by atoms with Gasteiger partial charge in [0.2, 0.25) is 0 Å². The number of nitrogens with zero attached hydrogens (tertiary/aromatic N) is 1. The van der Waals surface area contributed by atoms with Crippen LogP contribution < -0.4 is 5.32 Å². The van der Waals surface area contributed by atoms with Crippen molar-refractivity contribution in [2.24, 2.45) is 0 Å². The van der Waals surface area contributed by atoms with Gasteiger partial charge in [0, 0.05) is 24.5 Å². The van der Waals surface area contributed by atoms with Crippen LogP contribution >= 0.6 is 0 Å². The smallest absolute Gasteiger partial charge is 0.287 e. The zero-order valence-electron chi connectivity index (χ0n) is 11.1. The van der Waals surface area contributed by atoms with Crippen LogP contribution in [0.25, 0.3) is 0 Å². The van der Waals surface area contributed by atoms with Crippen LogP contribution in [-0.4, -0.2) is 16.8 Å². The first-order chi connectivity index (χ1) is 9.66. The number of aryl methyl sites for hydroxylation is 1. The molecule has 6 heteroatoms. The maximum atomic E-state index is 12.1. The first-order valence-corrected chi connectivity index (χ1v) is 6.49. The minimum atomic E-state index is -0.340. The van der Waals surface area contributed by atoms with Crippen molar-refractivity contribution in [2.45, 2.75) is 32.7 Å². The Kier molecular flexibility index (Phi) is 3.14. The third-order valence-electron chi connectivity index (χ3n) is 3.43. The summed E-state index contributed by atoms with van der Waals surface area (Å²) in [7, 11) is 0. The zero-order valence-corrected chi connectivity index (χ0v) is 11.1. The van der Waals surface area contributed by atoms with E-state index in [2.05, 4.69) is 15.0 Å². The number of rotatable bonds is 3. The van der Waals surface area contributed by atoms with E-state index in [4.69, 9.17) is 4.42 Å². The number of hydrogen-bond donors (Lipinski definition) is 1. The number of carbonyl (C=O) groups is 2. The molecule has 6 nitrogen and oxygen atoms in total. The molecule has 0 bridgehead atoms. The summed E-state index contributed by atoms with van der Waals surface area (Å²) >= 11 is 0. The summed E-state index contributed by atoms with van der Waals surface area (Å²) in [5.41, 5.74) is 1.84. The van der Waals surface area contributed by atoms with Crippen molar-refractivity contribution in [2.75, 3.05) is 0 Å². The fraction of sp³-hybridized carbons (Fsp3) is 0.357.